The van der Waals surface area contributed by atoms with Crippen LogP contribution >= 0.6 is 0 Å². The maximum Gasteiger partial charge on any atom is 0.0622 e. The molecule has 3 heteroatoms. The van der Waals surface area contributed by atoms with Gasteiger partial charge in [-0.25, -0.2) is 0 Å². The minimum Gasteiger partial charge on any atom is -0.378 e. The third-order valence-electron chi connectivity index (χ3n) is 4.30. The van der Waals surface area contributed by atoms with Crippen LogP contribution in [0.25, 0.3) is 0 Å². The molecule has 1 heterocycles. The zero-order chi connectivity index (χ0) is 15.2. The molecule has 1 aliphatic heterocycles. The molecule has 0 radical (unpaired) electrons. The van der Waals surface area contributed by atoms with Crippen molar-refractivity contribution in [3.63, 3.8) is 0 Å². The summed E-state index contributed by atoms with van der Waals surface area (Å²) in [6, 6.07) is 0.606. The van der Waals surface area contributed by atoms with E-state index >= 15 is 0 Å². The van der Waals surface area contributed by atoms with Gasteiger partial charge in [0.2, 0.25) is 0 Å². The van der Waals surface area contributed by atoms with Crippen LogP contribution in [0.5, 0.6) is 0 Å². The number of ether oxygens (including phenoxy) is 1. The molecule has 1 saturated heterocycles. The highest BCUT2D eigenvalue weighted by Crippen LogP contribution is 2.27. The van der Waals surface area contributed by atoms with Crippen LogP contribution in [0, 0.1) is 5.41 Å². The Balaban J connectivity index is 2.63. The van der Waals surface area contributed by atoms with Gasteiger partial charge in [-0.1, -0.05) is 27.2 Å². The molecular weight excluding hydrogens is 248 g/mol. The van der Waals surface area contributed by atoms with E-state index in [1.54, 1.807) is 0 Å². The quantitative estimate of drug-likeness (QED) is 0.776. The first-order chi connectivity index (χ1) is 9.29. The molecule has 2 atom stereocenters. The van der Waals surface area contributed by atoms with Crippen LogP contribution in [0.3, 0.4) is 0 Å². The molecule has 0 bridgehead atoms. The van der Waals surface area contributed by atoms with Crippen molar-refractivity contribution in [1.29, 1.82) is 0 Å². The first-order valence-corrected chi connectivity index (χ1v) is 8.36. The van der Waals surface area contributed by atoms with Gasteiger partial charge in [-0.2, -0.15) is 0 Å². The van der Waals surface area contributed by atoms with Gasteiger partial charge in [0.1, 0.15) is 0 Å². The van der Waals surface area contributed by atoms with Gasteiger partial charge in [-0.15, -0.1) is 0 Å². The molecule has 0 aromatic rings. The van der Waals surface area contributed by atoms with E-state index in [0.717, 1.165) is 26.3 Å². The van der Waals surface area contributed by atoms with Crippen LogP contribution in [-0.4, -0.2) is 49.3 Å². The standard InChI is InChI=1S/C17H36N2O/c1-7-9-17(6,13-18-16(3,4)5)14-19-10-11-20-12-15(19)8-2/h15,18H,7-14H2,1-6H3. The summed E-state index contributed by atoms with van der Waals surface area (Å²) in [7, 11) is 0. The largest absolute Gasteiger partial charge is 0.378 e. The van der Waals surface area contributed by atoms with Crippen LogP contribution in [0.1, 0.15) is 60.8 Å². The molecule has 0 aliphatic carbocycles. The minimum atomic E-state index is 0.199. The van der Waals surface area contributed by atoms with Crippen LogP contribution in [-0.2, 0) is 4.74 Å². The summed E-state index contributed by atoms with van der Waals surface area (Å²) in [5.74, 6) is 0. The van der Waals surface area contributed by atoms with Gasteiger partial charge in [0, 0.05) is 31.2 Å². The maximum absolute atomic E-state index is 5.63. The van der Waals surface area contributed by atoms with Crippen molar-refractivity contribution in [2.45, 2.75) is 72.4 Å². The fourth-order valence-electron chi connectivity index (χ4n) is 3.07. The smallest absolute Gasteiger partial charge is 0.0622 e. The molecule has 3 nitrogen and oxygen atoms in total. The topological polar surface area (TPSA) is 24.5 Å². The summed E-state index contributed by atoms with van der Waals surface area (Å²) in [5, 5.41) is 3.71. The number of hydrogen-bond donors (Lipinski definition) is 1. The minimum absolute atomic E-state index is 0.199. The van der Waals surface area contributed by atoms with Crippen LogP contribution < -0.4 is 5.32 Å². The normalized spacial score (nSPS) is 24.6. The molecule has 0 amide bonds. The number of hydrogen-bond acceptors (Lipinski definition) is 3. The summed E-state index contributed by atoms with van der Waals surface area (Å²) in [6.07, 6.45) is 3.72. The second-order valence-corrected chi connectivity index (χ2v) is 7.77. The Labute approximate surface area is 126 Å². The molecule has 0 spiro atoms. The number of morpholine rings is 1. The van der Waals surface area contributed by atoms with Crippen LogP contribution in [0.15, 0.2) is 0 Å². The lowest BCUT2D eigenvalue weighted by Gasteiger charge is -2.42. The highest BCUT2D eigenvalue weighted by Gasteiger charge is 2.31. The molecule has 1 N–H and O–H groups in total. The Morgan fingerprint density at radius 3 is 2.45 bits per heavy atom. The SMILES string of the molecule is CCCC(C)(CNC(C)(C)C)CN1CCOCC1CC. The molecular formula is C17H36N2O. The first kappa shape index (κ1) is 17.9. The molecule has 0 saturated carbocycles. The van der Waals surface area contributed by atoms with Crippen molar-refractivity contribution in [1.82, 2.24) is 10.2 Å². The van der Waals surface area contributed by atoms with Gasteiger partial charge in [-0.05, 0) is 39.0 Å². The molecule has 1 aliphatic rings. The second-order valence-electron chi connectivity index (χ2n) is 7.77. The average molecular weight is 284 g/mol. The Bertz CT molecular complexity index is 275. The Hall–Kier alpha value is -0.120. The van der Waals surface area contributed by atoms with Gasteiger partial charge >= 0.3 is 0 Å². The van der Waals surface area contributed by atoms with Gasteiger partial charge in [0.25, 0.3) is 0 Å². The van der Waals surface area contributed by atoms with Crippen molar-refractivity contribution >= 4 is 0 Å². The molecule has 0 aromatic carbocycles. The van der Waals surface area contributed by atoms with Crippen molar-refractivity contribution in [2.75, 3.05) is 32.8 Å². The van der Waals surface area contributed by atoms with E-state index in [9.17, 15) is 0 Å². The fraction of sp³-hybridized carbons (Fsp3) is 1.00. The van der Waals surface area contributed by atoms with Crippen LogP contribution in [0.4, 0.5) is 0 Å². The van der Waals surface area contributed by atoms with E-state index < -0.39 is 0 Å². The highest BCUT2D eigenvalue weighted by molar-refractivity contribution is 4.87. The van der Waals surface area contributed by atoms with E-state index in [0.29, 0.717) is 11.5 Å². The summed E-state index contributed by atoms with van der Waals surface area (Å²) in [4.78, 5) is 2.66. The zero-order valence-electron chi connectivity index (χ0n) is 14.6. The van der Waals surface area contributed by atoms with Gasteiger partial charge in [0.15, 0.2) is 0 Å². The first-order valence-electron chi connectivity index (χ1n) is 8.36. The van der Waals surface area contributed by atoms with Crippen molar-refractivity contribution in [3.8, 4) is 0 Å². The van der Waals surface area contributed by atoms with Gasteiger partial charge < -0.3 is 10.1 Å². The van der Waals surface area contributed by atoms with E-state index in [-0.39, 0.29) is 5.54 Å². The summed E-state index contributed by atoms with van der Waals surface area (Å²) < 4.78 is 5.63. The predicted octanol–water partition coefficient (Wildman–Crippen LogP) is 3.29. The van der Waals surface area contributed by atoms with Crippen molar-refractivity contribution < 1.29 is 4.74 Å². The number of rotatable bonds is 7. The third-order valence-corrected chi connectivity index (χ3v) is 4.30. The van der Waals surface area contributed by atoms with Gasteiger partial charge in [-0.3, -0.25) is 4.90 Å². The van der Waals surface area contributed by atoms with E-state index in [1.807, 2.05) is 0 Å². The maximum atomic E-state index is 5.63. The summed E-state index contributed by atoms with van der Waals surface area (Å²) >= 11 is 0. The van der Waals surface area contributed by atoms with E-state index in [4.69, 9.17) is 4.74 Å². The predicted molar refractivity (Wildman–Crippen MR) is 87.2 cm³/mol. The zero-order valence-corrected chi connectivity index (χ0v) is 14.6. The molecule has 1 fully saturated rings. The lowest BCUT2D eigenvalue weighted by molar-refractivity contribution is -0.0277. The van der Waals surface area contributed by atoms with Crippen molar-refractivity contribution in [2.24, 2.45) is 5.41 Å². The van der Waals surface area contributed by atoms with Gasteiger partial charge in [0.05, 0.1) is 13.2 Å². The lowest BCUT2D eigenvalue weighted by atomic mass is 9.83. The molecule has 20 heavy (non-hydrogen) atoms. The molecule has 120 valence electrons. The second kappa shape index (κ2) is 7.77. The van der Waals surface area contributed by atoms with Crippen molar-refractivity contribution in [3.05, 3.63) is 0 Å². The summed E-state index contributed by atoms with van der Waals surface area (Å²) in [5.41, 5.74) is 0.553. The molecule has 0 aromatic heterocycles. The Morgan fingerprint density at radius 1 is 1.20 bits per heavy atom. The van der Waals surface area contributed by atoms with E-state index in [2.05, 4.69) is 51.8 Å². The Kier molecular flexibility index (Phi) is 6.96. The molecule has 1 rings (SSSR count). The Morgan fingerprint density at radius 2 is 1.90 bits per heavy atom. The number of nitrogens with one attached hydrogen (secondary N) is 1. The van der Waals surface area contributed by atoms with Crippen LogP contribution in [0.2, 0.25) is 0 Å². The van der Waals surface area contributed by atoms with E-state index in [1.165, 1.54) is 25.8 Å². The lowest BCUT2D eigenvalue weighted by Crippen LogP contribution is -2.53. The number of nitrogens with zero attached hydrogens (tertiary/aromatic N) is 1. The fourth-order valence-corrected chi connectivity index (χ4v) is 3.07. The average Bonchev–Trinajstić information content (AvgIpc) is 2.37. The molecule has 2 unspecified atom stereocenters. The highest BCUT2D eigenvalue weighted by atomic mass is 16.5. The monoisotopic (exact) mass is 284 g/mol. The summed E-state index contributed by atoms with van der Waals surface area (Å²) in [6.45, 7) is 18.9. The third kappa shape index (κ3) is 6.11.